The fourth-order valence-corrected chi connectivity index (χ4v) is 24.4. The molecular weight excluding hydrogens is 387 g/mol. The summed E-state index contributed by atoms with van der Waals surface area (Å²) in [5, 5.41) is 0. The SMILES string of the molecule is CC1=CC(C(C)C)=C[CH]1[Ti]([Cl])([Cl])([CH]1C=C(C(C)C)C=C1C)[SiH](C)C. The molecule has 2 aliphatic rings. The molecular formula is C20H33Cl2SiTi. The molecule has 0 aromatic heterocycles. The summed E-state index contributed by atoms with van der Waals surface area (Å²) in [5.74, 6) is 1.06. The van der Waals surface area contributed by atoms with Gasteiger partial charge in [-0.1, -0.05) is 0 Å². The third-order valence-corrected chi connectivity index (χ3v) is 41.9. The van der Waals surface area contributed by atoms with E-state index in [9.17, 15) is 0 Å². The Bertz CT molecular complexity index is 601. The van der Waals surface area contributed by atoms with Crippen molar-refractivity contribution in [2.24, 2.45) is 11.8 Å². The Balaban J connectivity index is 2.60. The van der Waals surface area contributed by atoms with Gasteiger partial charge in [-0.25, -0.2) is 0 Å². The fourth-order valence-electron chi connectivity index (χ4n) is 4.27. The van der Waals surface area contributed by atoms with Gasteiger partial charge in [0.2, 0.25) is 0 Å². The molecule has 0 aliphatic heterocycles. The van der Waals surface area contributed by atoms with Gasteiger partial charge in [-0.15, -0.1) is 0 Å². The number of hydrogen-bond donors (Lipinski definition) is 0. The summed E-state index contributed by atoms with van der Waals surface area (Å²) in [6, 6.07) is 0. The third-order valence-electron chi connectivity index (χ3n) is 6.11. The summed E-state index contributed by atoms with van der Waals surface area (Å²) in [6.45, 7) is 17.0. The van der Waals surface area contributed by atoms with Crippen molar-refractivity contribution in [2.45, 2.75) is 63.1 Å². The number of rotatable bonds is 5. The normalized spacial score (nSPS) is 26.5. The van der Waals surface area contributed by atoms with Crippen LogP contribution in [0.3, 0.4) is 0 Å². The van der Waals surface area contributed by atoms with Crippen LogP contribution in [0.4, 0.5) is 0 Å². The molecule has 0 saturated carbocycles. The van der Waals surface area contributed by atoms with Gasteiger partial charge < -0.3 is 0 Å². The van der Waals surface area contributed by atoms with Gasteiger partial charge in [-0.2, -0.15) is 0 Å². The summed E-state index contributed by atoms with van der Waals surface area (Å²) >= 11 is -3.82. The summed E-state index contributed by atoms with van der Waals surface area (Å²) in [5.41, 5.74) is 5.61. The molecule has 0 amide bonds. The Morgan fingerprint density at radius 3 is 1.38 bits per heavy atom. The van der Waals surface area contributed by atoms with E-state index in [0.29, 0.717) is 11.8 Å². The van der Waals surface area contributed by atoms with E-state index in [4.69, 9.17) is 18.6 Å². The molecule has 4 heteroatoms. The first-order valence-electron chi connectivity index (χ1n) is 9.26. The quantitative estimate of drug-likeness (QED) is 0.401. The minimum absolute atomic E-state index is 0.283. The Hall–Kier alpha value is 0.471. The maximum absolute atomic E-state index is 7.72. The Labute approximate surface area is 158 Å². The molecule has 0 bridgehead atoms. The van der Waals surface area contributed by atoms with Gasteiger partial charge in [0.25, 0.3) is 0 Å². The molecule has 0 saturated heterocycles. The van der Waals surface area contributed by atoms with Crippen LogP contribution in [0.1, 0.15) is 41.5 Å². The van der Waals surface area contributed by atoms with Crippen molar-refractivity contribution >= 4 is 25.3 Å². The van der Waals surface area contributed by atoms with Gasteiger partial charge in [0.05, 0.1) is 0 Å². The predicted octanol–water partition coefficient (Wildman–Crippen LogP) is 7.63. The van der Waals surface area contributed by atoms with E-state index >= 15 is 0 Å². The monoisotopic (exact) mass is 419 g/mol. The van der Waals surface area contributed by atoms with Gasteiger partial charge in [-0.05, 0) is 0 Å². The van der Waals surface area contributed by atoms with E-state index in [0.717, 1.165) is 0 Å². The standard InChI is InChI=1S/2C9H13.C2H7Si.2ClH.Ti/c2*1-7(2)9-5-4-8(3)6-9;1-3-2;;;/h2*4-7H,1-3H3;3H,1-2H3;2*1H;/q;;;;;+2/p-2. The summed E-state index contributed by atoms with van der Waals surface area (Å²) in [6.07, 6.45) is 9.55. The molecule has 0 heterocycles. The summed E-state index contributed by atoms with van der Waals surface area (Å²) in [4.78, 5) is 0. The molecule has 2 atom stereocenters. The van der Waals surface area contributed by atoms with Crippen LogP contribution in [-0.2, 0) is 12.4 Å². The fraction of sp³-hybridized carbons (Fsp3) is 0.600. The molecule has 2 rings (SSSR count). The number of hydrogen-bond acceptors (Lipinski definition) is 0. The van der Waals surface area contributed by atoms with Gasteiger partial charge in [0.15, 0.2) is 0 Å². The zero-order valence-corrected chi connectivity index (χ0v) is 20.7. The number of allylic oxidation sites excluding steroid dienone is 8. The van der Waals surface area contributed by atoms with Crippen LogP contribution < -0.4 is 0 Å². The van der Waals surface area contributed by atoms with E-state index in [1.807, 2.05) is 0 Å². The molecule has 0 N–H and O–H groups in total. The number of halogens is 2. The van der Waals surface area contributed by atoms with Crippen LogP contribution in [0.2, 0.25) is 21.5 Å². The minimum atomic E-state index is -3.82. The second kappa shape index (κ2) is 6.89. The zero-order valence-electron chi connectivity index (χ0n) is 16.5. The molecule has 2 unspecified atom stereocenters. The molecule has 0 aromatic rings. The Morgan fingerprint density at radius 1 is 0.833 bits per heavy atom. The van der Waals surface area contributed by atoms with Crippen molar-refractivity contribution in [3.8, 4) is 0 Å². The first-order chi connectivity index (χ1) is 10.9. The molecule has 0 nitrogen and oxygen atoms in total. The molecule has 0 spiro atoms. The average molecular weight is 420 g/mol. The maximum atomic E-state index is 7.72. The second-order valence-electron chi connectivity index (χ2n) is 8.76. The summed E-state index contributed by atoms with van der Waals surface area (Å²) < 4.78 is 0.566. The van der Waals surface area contributed by atoms with Crippen LogP contribution in [-0.4, -0.2) is 6.66 Å². The van der Waals surface area contributed by atoms with Crippen molar-refractivity contribution in [3.05, 3.63) is 46.6 Å². The van der Waals surface area contributed by atoms with Crippen LogP contribution in [0.15, 0.2) is 46.6 Å². The van der Waals surface area contributed by atoms with Gasteiger partial charge in [-0.3, -0.25) is 0 Å². The van der Waals surface area contributed by atoms with Crippen LogP contribution in [0, 0.1) is 11.8 Å². The zero-order chi connectivity index (χ0) is 18.5. The Morgan fingerprint density at radius 2 is 1.17 bits per heavy atom. The van der Waals surface area contributed by atoms with E-state index in [-0.39, 0.29) is 8.45 Å². The molecule has 0 fully saturated rings. The molecule has 135 valence electrons. The molecule has 2 aliphatic carbocycles. The Kier molecular flexibility index (Phi) is 5.97. The van der Waals surface area contributed by atoms with Gasteiger partial charge in [0.1, 0.15) is 0 Å². The summed E-state index contributed by atoms with van der Waals surface area (Å²) in [7, 11) is 15.4. The average Bonchev–Trinajstić information content (AvgIpc) is 3.03. The van der Waals surface area contributed by atoms with Crippen molar-refractivity contribution in [1.29, 1.82) is 0 Å². The second-order valence-corrected chi connectivity index (χ2v) is 38.1. The van der Waals surface area contributed by atoms with Crippen LogP contribution in [0.5, 0.6) is 0 Å². The predicted molar refractivity (Wildman–Crippen MR) is 111 cm³/mol. The van der Waals surface area contributed by atoms with Gasteiger partial charge in [0, 0.05) is 0 Å². The van der Waals surface area contributed by atoms with E-state index in [1.54, 1.807) is 0 Å². The third kappa shape index (κ3) is 3.25. The van der Waals surface area contributed by atoms with Crippen molar-refractivity contribution < 1.29 is 12.4 Å². The molecule has 24 heavy (non-hydrogen) atoms. The molecule has 0 aromatic carbocycles. The van der Waals surface area contributed by atoms with Crippen molar-refractivity contribution in [1.82, 2.24) is 0 Å². The topological polar surface area (TPSA) is 0 Å². The van der Waals surface area contributed by atoms with Crippen molar-refractivity contribution in [2.75, 3.05) is 0 Å². The first-order valence-corrected chi connectivity index (χ1v) is 21.0. The van der Waals surface area contributed by atoms with Crippen LogP contribution >= 0.6 is 18.6 Å². The van der Waals surface area contributed by atoms with Gasteiger partial charge >= 0.3 is 159 Å². The van der Waals surface area contributed by atoms with E-state index < -0.39 is 19.1 Å². The van der Waals surface area contributed by atoms with Crippen molar-refractivity contribution in [3.63, 3.8) is 0 Å². The molecule has 0 radical (unpaired) electrons. The first kappa shape index (κ1) is 20.8. The van der Waals surface area contributed by atoms with E-state index in [2.05, 4.69) is 78.9 Å². The van der Waals surface area contributed by atoms with Crippen LogP contribution in [0.25, 0.3) is 0 Å². The van der Waals surface area contributed by atoms with E-state index in [1.165, 1.54) is 22.3 Å².